The molecule has 11 heavy (non-hydrogen) atoms. The van der Waals surface area contributed by atoms with Crippen molar-refractivity contribution in [1.29, 1.82) is 0 Å². The second-order valence-electron chi connectivity index (χ2n) is 2.00. The minimum absolute atomic E-state index is 0.0777. The number of carbonyl (C=O) groups is 1. The molecule has 1 rings (SSSR count). The van der Waals surface area contributed by atoms with E-state index in [4.69, 9.17) is 0 Å². The molecule has 0 aliphatic heterocycles. The fraction of sp³-hybridized carbons (Fsp3) is 0.286. The summed E-state index contributed by atoms with van der Waals surface area (Å²) in [5.74, 6) is -0.628. The van der Waals surface area contributed by atoms with Gasteiger partial charge >= 0.3 is 0 Å². The standard InChI is InChI=1S/C7H7FN2O/c1-2-6(11)7-9-3-5(8)4-10-7/h3-4H,2H2,1H3. The van der Waals surface area contributed by atoms with E-state index in [0.29, 0.717) is 6.42 Å². The highest BCUT2D eigenvalue weighted by Gasteiger charge is 2.04. The van der Waals surface area contributed by atoms with Crippen molar-refractivity contribution in [3.63, 3.8) is 0 Å². The van der Waals surface area contributed by atoms with E-state index in [1.54, 1.807) is 6.92 Å². The predicted octanol–water partition coefficient (Wildman–Crippen LogP) is 1.21. The van der Waals surface area contributed by atoms with Gasteiger partial charge in [0.15, 0.2) is 17.4 Å². The molecule has 4 heteroatoms. The Morgan fingerprint density at radius 2 is 2.09 bits per heavy atom. The van der Waals surface area contributed by atoms with Crippen LogP contribution in [0.2, 0.25) is 0 Å². The lowest BCUT2D eigenvalue weighted by Crippen LogP contribution is -2.03. The van der Waals surface area contributed by atoms with Gasteiger partial charge in [-0.05, 0) is 0 Å². The molecule has 0 fully saturated rings. The Morgan fingerprint density at radius 3 is 2.55 bits per heavy atom. The van der Waals surface area contributed by atoms with Gasteiger partial charge in [-0.15, -0.1) is 0 Å². The number of ketones is 1. The number of aromatic nitrogens is 2. The average Bonchev–Trinajstić information content (AvgIpc) is 2.05. The van der Waals surface area contributed by atoms with Gasteiger partial charge in [0.25, 0.3) is 0 Å². The molecule has 1 aromatic rings. The molecule has 3 nitrogen and oxygen atoms in total. The summed E-state index contributed by atoms with van der Waals surface area (Å²) in [7, 11) is 0. The monoisotopic (exact) mass is 154 g/mol. The zero-order valence-electron chi connectivity index (χ0n) is 6.04. The molecule has 0 aromatic carbocycles. The molecule has 0 unspecified atom stereocenters. The summed E-state index contributed by atoms with van der Waals surface area (Å²) in [6, 6.07) is 0. The number of hydrogen-bond donors (Lipinski definition) is 0. The van der Waals surface area contributed by atoms with Gasteiger partial charge in [0.1, 0.15) is 0 Å². The third-order valence-corrected chi connectivity index (χ3v) is 1.19. The van der Waals surface area contributed by atoms with Crippen molar-refractivity contribution < 1.29 is 9.18 Å². The maximum Gasteiger partial charge on any atom is 0.199 e. The molecule has 0 aliphatic carbocycles. The lowest BCUT2D eigenvalue weighted by molar-refractivity contribution is 0.0978. The SMILES string of the molecule is CCC(=O)c1ncc(F)cn1. The summed E-state index contributed by atoms with van der Waals surface area (Å²) in [6.07, 6.45) is 2.30. The topological polar surface area (TPSA) is 42.9 Å². The maximum atomic E-state index is 12.2. The highest BCUT2D eigenvalue weighted by Crippen LogP contribution is 1.96. The van der Waals surface area contributed by atoms with Crippen LogP contribution in [-0.2, 0) is 0 Å². The van der Waals surface area contributed by atoms with Crippen LogP contribution in [-0.4, -0.2) is 15.8 Å². The van der Waals surface area contributed by atoms with E-state index >= 15 is 0 Å². The lowest BCUT2D eigenvalue weighted by atomic mass is 10.3. The third-order valence-electron chi connectivity index (χ3n) is 1.19. The first-order valence-electron chi connectivity index (χ1n) is 3.24. The molecule has 0 spiro atoms. The number of nitrogens with zero attached hydrogens (tertiary/aromatic N) is 2. The summed E-state index contributed by atoms with van der Waals surface area (Å²) in [5.41, 5.74) is 0. The van der Waals surface area contributed by atoms with Crippen molar-refractivity contribution >= 4 is 5.78 Å². The second-order valence-corrected chi connectivity index (χ2v) is 2.00. The van der Waals surface area contributed by atoms with Crippen LogP contribution >= 0.6 is 0 Å². The van der Waals surface area contributed by atoms with Crippen molar-refractivity contribution in [3.05, 3.63) is 24.0 Å². The van der Waals surface area contributed by atoms with Crippen LogP contribution in [0.4, 0.5) is 4.39 Å². The maximum absolute atomic E-state index is 12.2. The van der Waals surface area contributed by atoms with Crippen LogP contribution in [0, 0.1) is 5.82 Å². The Balaban J connectivity index is 2.90. The zero-order chi connectivity index (χ0) is 8.27. The van der Waals surface area contributed by atoms with Crippen LogP contribution < -0.4 is 0 Å². The number of Topliss-reactive ketones (excluding diaryl/α,β-unsaturated/α-hetero) is 1. The Bertz CT molecular complexity index is 258. The van der Waals surface area contributed by atoms with Crippen molar-refractivity contribution in [3.8, 4) is 0 Å². The van der Waals surface area contributed by atoms with Gasteiger partial charge in [-0.25, -0.2) is 14.4 Å². The molecule has 0 saturated heterocycles. The number of halogens is 1. The van der Waals surface area contributed by atoms with Gasteiger partial charge in [0.2, 0.25) is 0 Å². The highest BCUT2D eigenvalue weighted by molar-refractivity contribution is 5.91. The Hall–Kier alpha value is -1.32. The fourth-order valence-electron chi connectivity index (χ4n) is 0.614. The van der Waals surface area contributed by atoms with Gasteiger partial charge in [-0.3, -0.25) is 4.79 Å². The summed E-state index contributed by atoms with van der Waals surface area (Å²) in [5, 5.41) is 0. The van der Waals surface area contributed by atoms with E-state index in [1.807, 2.05) is 0 Å². The van der Waals surface area contributed by atoms with Crippen LogP contribution in [0.15, 0.2) is 12.4 Å². The minimum Gasteiger partial charge on any atom is -0.291 e. The summed E-state index contributed by atoms with van der Waals surface area (Å²) in [6.45, 7) is 1.70. The zero-order valence-corrected chi connectivity index (χ0v) is 6.04. The molecule has 1 aromatic heterocycles. The van der Waals surface area contributed by atoms with Crippen LogP contribution in [0.5, 0.6) is 0 Å². The lowest BCUT2D eigenvalue weighted by Gasteiger charge is -1.93. The number of carbonyl (C=O) groups excluding carboxylic acids is 1. The van der Waals surface area contributed by atoms with Crippen molar-refractivity contribution in [2.45, 2.75) is 13.3 Å². The quantitative estimate of drug-likeness (QED) is 0.601. The predicted molar refractivity (Wildman–Crippen MR) is 36.6 cm³/mol. The van der Waals surface area contributed by atoms with Crippen LogP contribution in [0.3, 0.4) is 0 Å². The van der Waals surface area contributed by atoms with E-state index in [-0.39, 0.29) is 11.6 Å². The molecule has 0 N–H and O–H groups in total. The second kappa shape index (κ2) is 3.18. The van der Waals surface area contributed by atoms with E-state index < -0.39 is 5.82 Å². The molecule has 58 valence electrons. The summed E-state index contributed by atoms with van der Waals surface area (Å²) >= 11 is 0. The van der Waals surface area contributed by atoms with Crippen molar-refractivity contribution in [1.82, 2.24) is 9.97 Å². The van der Waals surface area contributed by atoms with Gasteiger partial charge in [-0.1, -0.05) is 6.92 Å². The summed E-state index contributed by atoms with van der Waals surface area (Å²) < 4.78 is 12.2. The first kappa shape index (κ1) is 7.78. The third kappa shape index (κ3) is 1.80. The summed E-state index contributed by atoms with van der Waals surface area (Å²) in [4.78, 5) is 17.9. The number of hydrogen-bond acceptors (Lipinski definition) is 3. The van der Waals surface area contributed by atoms with Crippen molar-refractivity contribution in [2.24, 2.45) is 0 Å². The van der Waals surface area contributed by atoms with Crippen LogP contribution in [0.25, 0.3) is 0 Å². The fourth-order valence-corrected chi connectivity index (χ4v) is 0.614. The number of rotatable bonds is 2. The van der Waals surface area contributed by atoms with Gasteiger partial charge in [-0.2, -0.15) is 0 Å². The molecule has 0 amide bonds. The Kier molecular flexibility index (Phi) is 2.25. The average molecular weight is 154 g/mol. The Morgan fingerprint density at radius 1 is 1.55 bits per heavy atom. The molecule has 0 aliphatic rings. The first-order chi connectivity index (χ1) is 5.24. The molecule has 0 radical (unpaired) electrons. The largest absolute Gasteiger partial charge is 0.291 e. The van der Waals surface area contributed by atoms with Gasteiger partial charge < -0.3 is 0 Å². The molecular formula is C7H7FN2O. The van der Waals surface area contributed by atoms with Crippen LogP contribution in [0.1, 0.15) is 24.0 Å². The van der Waals surface area contributed by atoms with E-state index in [9.17, 15) is 9.18 Å². The molecule has 1 heterocycles. The highest BCUT2D eigenvalue weighted by atomic mass is 19.1. The minimum atomic E-state index is -0.530. The smallest absolute Gasteiger partial charge is 0.199 e. The van der Waals surface area contributed by atoms with E-state index in [0.717, 1.165) is 12.4 Å². The van der Waals surface area contributed by atoms with Gasteiger partial charge in [0.05, 0.1) is 12.4 Å². The van der Waals surface area contributed by atoms with Gasteiger partial charge in [0, 0.05) is 6.42 Å². The van der Waals surface area contributed by atoms with E-state index in [2.05, 4.69) is 9.97 Å². The molecule has 0 bridgehead atoms. The molecule has 0 atom stereocenters. The first-order valence-corrected chi connectivity index (χ1v) is 3.24. The normalized spacial score (nSPS) is 9.64. The van der Waals surface area contributed by atoms with E-state index in [1.165, 1.54) is 0 Å². The Labute approximate surface area is 63.3 Å². The van der Waals surface area contributed by atoms with Crippen molar-refractivity contribution in [2.75, 3.05) is 0 Å². The molecular weight excluding hydrogens is 147 g/mol. The molecule has 0 saturated carbocycles.